The van der Waals surface area contributed by atoms with E-state index >= 15 is 0 Å². The molecule has 6 heterocycles. The van der Waals surface area contributed by atoms with E-state index in [-0.39, 0.29) is 97.4 Å². The molecule has 9 rings (SSSR count). The van der Waals surface area contributed by atoms with Crippen molar-refractivity contribution in [2.24, 2.45) is 21.7 Å². The van der Waals surface area contributed by atoms with Crippen molar-refractivity contribution in [3.8, 4) is 0 Å². The Balaban J connectivity index is 0.568. The van der Waals surface area contributed by atoms with Crippen LogP contribution in [0.2, 0.25) is 0 Å². The zero-order valence-corrected chi connectivity index (χ0v) is 70.9. The predicted molar refractivity (Wildman–Crippen MR) is 413 cm³/mol. The Bertz CT molecular complexity index is 4740. The van der Waals surface area contributed by atoms with E-state index in [0.29, 0.717) is 0 Å². The predicted octanol–water partition coefficient (Wildman–Crippen LogP) is 2.21. The molecule has 4 amide bonds. The lowest BCUT2D eigenvalue weighted by Crippen LogP contribution is -2.46. The normalized spacial score (nSPS) is 22.9. The molecular weight excluding hydrogens is 1720 g/mol. The zero-order valence-electron chi connectivity index (χ0n) is 65.5. The Hall–Kier alpha value is -6.36. The number of carbonyl (C=O) groups is 6. The van der Waals surface area contributed by atoms with Crippen LogP contribution in [-0.4, -0.2) is 235 Å². The van der Waals surface area contributed by atoms with Gasteiger partial charge >= 0.3 is 46.9 Å². The van der Waals surface area contributed by atoms with Gasteiger partial charge in [0.15, 0.2) is 35.4 Å². The van der Waals surface area contributed by atoms with E-state index in [1.165, 1.54) is 38.8 Å². The standard InChI is InChI=1S/C66H102N14O34P6/c1-63(2,33-107-119(101,102)113-117(97,98)105-31-41-51(111-115(91,92)93)49(85)61(109-41)79-37-77-47-55(67)73-35-75-57(47)79)53(87)59(89)71-29-19-45(83)69-27-17-43(81)65(23-24-65)21-9-6-5-7-11-39-13-15-40(16-14-39)12-8-10-22-66(25-26-66)44(82)18-28-70-46(84)20-30-72-60(90)54(88)64(3,4)34-108-120(103,104)114-118(99,100)106-32-42-52(112-116(94,95)96)50(86)62(110-42)80-38-78-48-56(68)74-36-76-58(48)80/h13-16,35-38,41-42,49-54,61-62,85-88H,5-12,17-34H2,1-4H3,(H,69,83)(H,70,84)(H,71,89)(H,72,90)(H,97,98)(H,99,100)(H,101,102)(H,103,104)(H2,67,73,75)(H2,68,74,76)(H2,91,92,93)(H2,94,95,96). The van der Waals surface area contributed by atoms with E-state index in [4.69, 9.17) is 39.0 Å². The van der Waals surface area contributed by atoms with Crippen LogP contribution in [0.4, 0.5) is 11.6 Å². The molecule has 0 spiro atoms. The van der Waals surface area contributed by atoms with Gasteiger partial charge in [-0.3, -0.25) is 65.0 Å². The summed E-state index contributed by atoms with van der Waals surface area (Å²) < 4.78 is 126. The number of Topliss-reactive ketones (excluding diaryl/α,β-unsaturated/α-hetero) is 2. The minimum absolute atomic E-state index is 0.00837. The summed E-state index contributed by atoms with van der Waals surface area (Å²) in [5.74, 6) is -3.03. The number of nitrogens with zero attached hydrogens (tertiary/aromatic N) is 8. The summed E-state index contributed by atoms with van der Waals surface area (Å²) in [6.45, 7) is 0.391. The van der Waals surface area contributed by atoms with Crippen LogP contribution < -0.4 is 32.7 Å². The lowest BCUT2D eigenvalue weighted by atomic mass is 9.87. The number of aliphatic hydroxyl groups is 4. The van der Waals surface area contributed by atoms with Crippen LogP contribution in [0.25, 0.3) is 22.3 Å². The van der Waals surface area contributed by atoms with Gasteiger partial charge in [0.25, 0.3) is 0 Å². The molecule has 0 radical (unpaired) electrons. The van der Waals surface area contributed by atoms with Gasteiger partial charge in [-0.05, 0) is 75.3 Å². The number of hydrogen-bond acceptors (Lipinski definition) is 34. The summed E-state index contributed by atoms with van der Waals surface area (Å²) >= 11 is 0. The van der Waals surface area contributed by atoms with Crippen LogP contribution in [0.3, 0.4) is 0 Å². The third-order valence-corrected chi connectivity index (χ3v) is 26.9. The van der Waals surface area contributed by atoms with E-state index in [2.05, 4.69) is 93.1 Å². The minimum atomic E-state index is -5.64. The van der Waals surface area contributed by atoms with E-state index in [9.17, 15) is 116 Å². The van der Waals surface area contributed by atoms with Crippen LogP contribution in [0, 0.1) is 21.7 Å². The number of nitrogen functional groups attached to an aromatic ring is 2. The number of aromatic nitrogens is 8. The van der Waals surface area contributed by atoms with Crippen molar-refractivity contribution in [1.82, 2.24) is 60.3 Å². The first-order chi connectivity index (χ1) is 56.0. The highest BCUT2D eigenvalue weighted by molar-refractivity contribution is 7.61. The number of ketones is 2. The number of nitrogens with two attached hydrogens (primary N) is 2. The number of amides is 4. The van der Waals surface area contributed by atoms with Gasteiger partial charge in [-0.15, -0.1) is 0 Å². The third kappa shape index (κ3) is 27.8. The minimum Gasteiger partial charge on any atom is -0.386 e. The van der Waals surface area contributed by atoms with Crippen molar-refractivity contribution in [1.29, 1.82) is 0 Å². The number of fused-ring (bicyclic) bond motifs is 2. The second-order valence-corrected chi connectivity index (χ2v) is 39.5. The molecule has 14 unspecified atom stereocenters. The number of imidazole rings is 2. The second kappa shape index (κ2) is 40.7. The molecule has 48 nitrogen and oxygen atoms in total. The smallest absolute Gasteiger partial charge is 0.386 e. The largest absolute Gasteiger partial charge is 0.481 e. The van der Waals surface area contributed by atoms with Crippen LogP contribution in [0.5, 0.6) is 0 Å². The number of aryl methyl sites for hydroxylation is 2. The lowest BCUT2D eigenvalue weighted by Gasteiger charge is -2.30. The van der Waals surface area contributed by atoms with Crippen molar-refractivity contribution in [3.63, 3.8) is 0 Å². The Morgan fingerprint density at radius 2 is 0.842 bits per heavy atom. The first-order valence-corrected chi connectivity index (χ1v) is 47.0. The topological polar surface area (TPSA) is 727 Å². The highest BCUT2D eigenvalue weighted by Crippen LogP contribution is 2.63. The Kier molecular flexibility index (Phi) is 33.1. The molecule has 670 valence electrons. The molecule has 2 saturated heterocycles. The molecule has 2 aliphatic heterocycles. The molecule has 4 aromatic heterocycles. The molecule has 54 heteroatoms. The number of anilines is 2. The van der Waals surface area contributed by atoms with Crippen LogP contribution in [0.15, 0.2) is 49.6 Å². The number of aliphatic hydroxyl groups excluding tert-OH is 4. The zero-order chi connectivity index (χ0) is 88.2. The molecule has 14 atom stereocenters. The van der Waals surface area contributed by atoms with Crippen molar-refractivity contribution in [2.45, 2.75) is 205 Å². The van der Waals surface area contributed by atoms with E-state index < -0.39 is 180 Å². The molecule has 4 fully saturated rings. The molecule has 0 bridgehead atoms. The van der Waals surface area contributed by atoms with Gasteiger partial charge in [-0.2, -0.15) is 8.62 Å². The number of nitrogens with one attached hydrogen (secondary N) is 4. The Labute approximate surface area is 685 Å². The lowest BCUT2D eigenvalue weighted by molar-refractivity contribution is -0.137. The van der Waals surface area contributed by atoms with E-state index in [1.54, 1.807) is 0 Å². The third-order valence-electron chi connectivity index (χ3n) is 20.7. The number of rotatable bonds is 52. The SMILES string of the molecule is CC(C)(COP(=O)(O)OP(=O)(O)OCC1OC(n2cnc3c(N)ncnc32)C(O)C1OP(=O)(O)O)C(O)C(=O)NCCC(=O)NCCC(=O)C1(CCCCCCc2ccc(CCCCC3(C(=O)CCNC(=O)CCNC(=O)C(O)C(C)(C)COP(=O)(O)OP(=O)(O)OCC4OC(n5cnc6c(N)ncnc65)C(O)C4OP(=O)(O)O)CC3)cc2)CC1. The molecular formula is C66H102N14O34P6. The number of ether oxygens (including phenoxy) is 2. The van der Waals surface area contributed by atoms with Crippen molar-refractivity contribution in [3.05, 3.63) is 60.7 Å². The summed E-state index contributed by atoms with van der Waals surface area (Å²) in [5, 5.41) is 53.7. The second-order valence-electron chi connectivity index (χ2n) is 31.0. The van der Waals surface area contributed by atoms with Crippen molar-refractivity contribution >= 4 is 116 Å². The fraction of sp³-hybridized carbons (Fsp3) is 0.667. The molecule has 1 aromatic carbocycles. The molecule has 2 saturated carbocycles. The van der Waals surface area contributed by atoms with E-state index in [1.807, 2.05) is 0 Å². The van der Waals surface area contributed by atoms with Gasteiger partial charge < -0.3 is 102 Å². The summed E-state index contributed by atoms with van der Waals surface area (Å²) in [7, 11) is -33.2. The number of phosphoric ester groups is 6. The molecule has 120 heavy (non-hydrogen) atoms. The molecule has 20 N–H and O–H groups in total. The summed E-state index contributed by atoms with van der Waals surface area (Å²) in [6.07, 6.45) is -2.48. The van der Waals surface area contributed by atoms with Crippen LogP contribution in [0.1, 0.15) is 154 Å². The van der Waals surface area contributed by atoms with Crippen LogP contribution >= 0.6 is 46.9 Å². The molecule has 2 aliphatic carbocycles. The first-order valence-electron chi connectivity index (χ1n) is 38.0. The quantitative estimate of drug-likeness (QED) is 0.0196. The monoisotopic (exact) mass is 1820 g/mol. The molecule has 4 aliphatic rings. The highest BCUT2D eigenvalue weighted by atomic mass is 31.3. The van der Waals surface area contributed by atoms with Gasteiger partial charge in [0.1, 0.15) is 84.1 Å². The fourth-order valence-corrected chi connectivity index (χ4v) is 19.1. The van der Waals surface area contributed by atoms with Gasteiger partial charge in [0.05, 0.1) is 39.1 Å². The summed E-state index contributed by atoms with van der Waals surface area (Å²) in [5.41, 5.74) is 9.94. The summed E-state index contributed by atoms with van der Waals surface area (Å²) in [4.78, 5) is 181. The van der Waals surface area contributed by atoms with Gasteiger partial charge in [0.2, 0.25) is 23.6 Å². The fourth-order valence-electron chi connectivity index (χ4n) is 13.5. The Morgan fingerprint density at radius 3 is 1.21 bits per heavy atom. The Morgan fingerprint density at radius 1 is 0.500 bits per heavy atom. The maximum absolute atomic E-state index is 13.3. The van der Waals surface area contributed by atoms with Crippen molar-refractivity contribution < 1.29 is 161 Å². The maximum atomic E-state index is 13.3. The highest BCUT2D eigenvalue weighted by Gasteiger charge is 2.54. The number of hydrogen-bond donors (Lipinski definition) is 18. The number of phosphoric acid groups is 6. The van der Waals surface area contributed by atoms with Gasteiger partial charge in [-0.1, -0.05) is 77.6 Å². The number of benzene rings is 1. The number of unbranched alkanes of at least 4 members (excludes halogenated alkanes) is 4. The van der Waals surface area contributed by atoms with E-state index in [0.717, 1.165) is 124 Å². The van der Waals surface area contributed by atoms with Gasteiger partial charge in [-0.25, -0.2) is 57.3 Å². The van der Waals surface area contributed by atoms with Crippen LogP contribution in [-0.2, 0) is 114 Å². The molecule has 5 aromatic rings. The van der Waals surface area contributed by atoms with Crippen molar-refractivity contribution in [2.75, 3.05) is 64.1 Å². The maximum Gasteiger partial charge on any atom is 0.481 e. The number of carbonyl (C=O) groups excluding carboxylic acids is 6. The summed E-state index contributed by atoms with van der Waals surface area (Å²) in [6, 6.07) is 8.47. The average Bonchev–Trinajstić information content (AvgIpc) is 1.62. The van der Waals surface area contributed by atoms with Gasteiger partial charge in [0, 0.05) is 73.5 Å². The average molecular weight is 1820 g/mol. The first kappa shape index (κ1) is 97.4.